The summed E-state index contributed by atoms with van der Waals surface area (Å²) >= 11 is 0. The SMILES string of the molecule is CC(C)c1ccccc1[C@H]1CCCN1C1CC2(CCN(c3ccc(C(=O)NS(=O)(=O)c4cc5c(c([N+](=O)[O-])c4)NC(CC4CCC(C)(C)CC4)CO5)c(Oc4cnc5[nH]cc(C#N)c5c4)c3)CC2)C1. The molecule has 0 bridgehead atoms. The van der Waals surface area contributed by atoms with Crippen LogP contribution in [0, 0.1) is 38.2 Å². The highest BCUT2D eigenvalue weighted by Crippen LogP contribution is 2.54. The number of pyridine rings is 1. The average molecular weight is 955 g/mol. The van der Waals surface area contributed by atoms with Crippen molar-refractivity contribution in [1.82, 2.24) is 19.6 Å². The first-order valence-electron chi connectivity index (χ1n) is 24.7. The van der Waals surface area contributed by atoms with E-state index in [-0.39, 0.29) is 46.6 Å². The summed E-state index contributed by atoms with van der Waals surface area (Å²) in [6, 6.07) is 20.9. The van der Waals surface area contributed by atoms with Gasteiger partial charge in [0.1, 0.15) is 29.8 Å². The number of carbonyl (C=O) groups is 1. The Bertz CT molecular complexity index is 2940. The topological polar surface area (TPSA) is 196 Å². The van der Waals surface area contributed by atoms with Gasteiger partial charge in [-0.25, -0.2) is 18.1 Å². The average Bonchev–Trinajstić information content (AvgIpc) is 3.98. The second-order valence-electron chi connectivity index (χ2n) is 21.4. The number of hydrogen-bond donors (Lipinski definition) is 3. The molecule has 69 heavy (non-hydrogen) atoms. The largest absolute Gasteiger partial charge is 0.489 e. The molecule has 362 valence electrons. The normalized spacial score (nSPS) is 21.5. The number of fused-ring (bicyclic) bond motifs is 2. The number of benzene rings is 3. The molecule has 2 aliphatic carbocycles. The van der Waals surface area contributed by atoms with Gasteiger partial charge in [-0.15, -0.1) is 0 Å². The molecule has 3 aromatic carbocycles. The number of ether oxygens (including phenoxy) is 2. The highest BCUT2D eigenvalue weighted by atomic mass is 32.2. The molecule has 15 nitrogen and oxygen atoms in total. The Morgan fingerprint density at radius 1 is 1.04 bits per heavy atom. The molecule has 4 fully saturated rings. The molecule has 16 heteroatoms. The summed E-state index contributed by atoms with van der Waals surface area (Å²) in [5.74, 6) is 0.301. The lowest BCUT2D eigenvalue weighted by atomic mass is 9.59. The predicted octanol–water partition coefficient (Wildman–Crippen LogP) is 10.7. The van der Waals surface area contributed by atoms with Gasteiger partial charge in [-0.05, 0) is 129 Å². The van der Waals surface area contributed by atoms with Gasteiger partial charge < -0.3 is 24.7 Å². The van der Waals surface area contributed by atoms with Crippen LogP contribution < -0.4 is 24.4 Å². The number of nitro groups is 1. The minimum absolute atomic E-state index is 0.0317. The zero-order valence-corrected chi connectivity index (χ0v) is 40.7. The van der Waals surface area contributed by atoms with Gasteiger partial charge in [0.25, 0.3) is 21.6 Å². The van der Waals surface area contributed by atoms with Gasteiger partial charge in [0.05, 0.1) is 33.2 Å². The third-order valence-electron chi connectivity index (χ3n) is 16.0. The number of nitrogens with one attached hydrogen (secondary N) is 3. The minimum Gasteiger partial charge on any atom is -0.489 e. The summed E-state index contributed by atoms with van der Waals surface area (Å²) in [4.78, 5) is 38.0. The first kappa shape index (κ1) is 46.5. The Kier molecular flexibility index (Phi) is 12.3. The number of rotatable bonds is 12. The summed E-state index contributed by atoms with van der Waals surface area (Å²) in [5.41, 5.74) is 4.78. The van der Waals surface area contributed by atoms with E-state index in [1.165, 1.54) is 49.1 Å². The number of nitrogens with zero attached hydrogens (tertiary/aromatic N) is 5. The molecule has 2 atom stereocenters. The van der Waals surface area contributed by atoms with E-state index in [1.54, 1.807) is 30.5 Å². The van der Waals surface area contributed by atoms with Crippen molar-refractivity contribution in [2.75, 3.05) is 36.5 Å². The van der Waals surface area contributed by atoms with Crippen molar-refractivity contribution in [3.63, 3.8) is 0 Å². The van der Waals surface area contributed by atoms with Crippen LogP contribution in [-0.4, -0.2) is 72.4 Å². The fourth-order valence-corrected chi connectivity index (χ4v) is 13.0. The predicted molar refractivity (Wildman–Crippen MR) is 264 cm³/mol. The van der Waals surface area contributed by atoms with Gasteiger partial charge in [0, 0.05) is 60.6 Å². The molecule has 1 amide bonds. The molecular formula is C53H62N8O7S. The number of aromatic amines is 1. The van der Waals surface area contributed by atoms with Gasteiger partial charge in [-0.2, -0.15) is 5.26 Å². The number of aromatic nitrogens is 2. The second kappa shape index (κ2) is 18.3. The lowest BCUT2D eigenvalue weighted by molar-refractivity contribution is -0.384. The maximum atomic E-state index is 14.2. The highest BCUT2D eigenvalue weighted by Gasteiger charge is 2.50. The summed E-state index contributed by atoms with van der Waals surface area (Å²) < 4.78 is 42.6. The Labute approximate surface area is 404 Å². The summed E-state index contributed by atoms with van der Waals surface area (Å²) in [7, 11) is -4.67. The number of hydrogen-bond acceptors (Lipinski definition) is 12. The highest BCUT2D eigenvalue weighted by molar-refractivity contribution is 7.90. The van der Waals surface area contributed by atoms with Crippen molar-refractivity contribution < 1.29 is 27.6 Å². The van der Waals surface area contributed by atoms with Gasteiger partial charge in [-0.1, -0.05) is 52.0 Å². The van der Waals surface area contributed by atoms with Crippen LogP contribution in [0.15, 0.2) is 78.0 Å². The number of H-pyrrole nitrogens is 1. The molecule has 2 aromatic heterocycles. The standard InChI is InChI=1S/C53H62N8O7S/c1-33(2)41-8-5-6-9-42(41)45-10-7-19-60(45)38-27-53(28-38)17-20-59(21-18-53)37-11-12-43(47(23-37)68-39-24-44-35(29-54)30-55-50(44)56-31-39)51(62)58-69(65,66)40-25-46(61(63)64)49-48(26-40)67-32-36(57-49)22-34-13-15-52(3,4)16-14-34/h5-6,8-9,11-12,23-26,30-31,33-34,36,38,45,57H,7,10,13-22,27-28,32H2,1-4H3,(H,55,56)(H,58,62)/t36?,45-/m1/s1. The van der Waals surface area contributed by atoms with E-state index in [9.17, 15) is 28.6 Å². The second-order valence-corrected chi connectivity index (χ2v) is 23.1. The summed E-state index contributed by atoms with van der Waals surface area (Å²) in [6.45, 7) is 12.1. The van der Waals surface area contributed by atoms with Crippen LogP contribution >= 0.6 is 0 Å². The third kappa shape index (κ3) is 9.35. The molecule has 2 saturated heterocycles. The van der Waals surface area contributed by atoms with Gasteiger partial charge >= 0.3 is 0 Å². The molecule has 3 N–H and O–H groups in total. The Morgan fingerprint density at radius 3 is 2.55 bits per heavy atom. The molecule has 2 saturated carbocycles. The van der Waals surface area contributed by atoms with Crippen molar-refractivity contribution >= 4 is 44.0 Å². The molecule has 5 heterocycles. The van der Waals surface area contributed by atoms with Gasteiger partial charge in [0.15, 0.2) is 11.4 Å². The zero-order valence-electron chi connectivity index (χ0n) is 39.9. The van der Waals surface area contributed by atoms with Crippen molar-refractivity contribution in [2.24, 2.45) is 16.7 Å². The van der Waals surface area contributed by atoms with Crippen LogP contribution in [0.2, 0.25) is 0 Å². The van der Waals surface area contributed by atoms with Crippen LogP contribution in [0.25, 0.3) is 11.0 Å². The maximum absolute atomic E-state index is 14.2. The smallest absolute Gasteiger partial charge is 0.297 e. The van der Waals surface area contributed by atoms with Crippen LogP contribution in [-0.2, 0) is 10.0 Å². The number of likely N-dealkylation sites (tertiary alicyclic amines) is 1. The molecule has 5 aromatic rings. The lowest BCUT2D eigenvalue weighted by Crippen LogP contribution is -2.54. The van der Waals surface area contributed by atoms with Crippen LogP contribution in [0.5, 0.6) is 17.2 Å². The van der Waals surface area contributed by atoms with E-state index >= 15 is 0 Å². The molecular weight excluding hydrogens is 893 g/mol. The zero-order chi connectivity index (χ0) is 48.2. The Balaban J connectivity index is 0.860. The number of anilines is 2. The molecule has 10 rings (SSSR count). The van der Waals surface area contributed by atoms with Crippen LogP contribution in [0.1, 0.15) is 137 Å². The van der Waals surface area contributed by atoms with Gasteiger partial charge in [0.2, 0.25) is 0 Å². The number of carbonyl (C=O) groups excluding carboxylic acids is 1. The number of nitro benzene ring substituents is 1. The Morgan fingerprint density at radius 2 is 1.81 bits per heavy atom. The van der Waals surface area contributed by atoms with E-state index in [4.69, 9.17) is 9.47 Å². The number of piperidine rings is 1. The van der Waals surface area contributed by atoms with E-state index in [0.29, 0.717) is 45.9 Å². The van der Waals surface area contributed by atoms with Crippen molar-refractivity contribution in [1.29, 1.82) is 5.26 Å². The van der Waals surface area contributed by atoms with Crippen molar-refractivity contribution in [3.05, 3.63) is 105 Å². The number of nitriles is 1. The third-order valence-corrected chi connectivity index (χ3v) is 17.3. The fraction of sp³-hybridized carbons (Fsp3) is 0.491. The molecule has 0 radical (unpaired) electrons. The van der Waals surface area contributed by atoms with E-state index < -0.39 is 31.4 Å². The fourth-order valence-electron chi connectivity index (χ4n) is 12.0. The number of sulfonamides is 1. The van der Waals surface area contributed by atoms with Gasteiger partial charge in [-0.3, -0.25) is 19.8 Å². The van der Waals surface area contributed by atoms with E-state index in [0.717, 1.165) is 76.3 Å². The minimum atomic E-state index is -4.67. The lowest BCUT2D eigenvalue weighted by Gasteiger charge is -2.56. The van der Waals surface area contributed by atoms with Crippen LogP contribution in [0.4, 0.5) is 17.1 Å². The first-order valence-corrected chi connectivity index (χ1v) is 26.1. The van der Waals surface area contributed by atoms with Crippen molar-refractivity contribution in [3.8, 4) is 23.3 Å². The molecule has 3 aliphatic heterocycles. The van der Waals surface area contributed by atoms with Crippen molar-refractivity contribution in [2.45, 2.75) is 127 Å². The quantitative estimate of drug-likeness (QED) is 0.0792. The summed E-state index contributed by atoms with van der Waals surface area (Å²) in [5, 5.41) is 26.0. The monoisotopic (exact) mass is 954 g/mol. The number of amides is 1. The molecule has 1 spiro atoms. The molecule has 5 aliphatic rings. The molecule has 1 unspecified atom stereocenters. The maximum Gasteiger partial charge on any atom is 0.297 e. The summed E-state index contributed by atoms with van der Waals surface area (Å²) in [6.07, 6.45) is 15.0. The van der Waals surface area contributed by atoms with E-state index in [1.807, 2.05) is 0 Å². The van der Waals surface area contributed by atoms with Crippen LogP contribution in [0.3, 0.4) is 0 Å². The van der Waals surface area contributed by atoms with E-state index in [2.05, 4.69) is 87.8 Å². The first-order chi connectivity index (χ1) is 33.1. The Hall–Kier alpha value is -6.18.